The number of fused-ring (bicyclic) bond motifs is 1. The summed E-state index contributed by atoms with van der Waals surface area (Å²) in [5.41, 5.74) is 8.52. The SMILES string of the molecule is CCOc1ccc2c(F)c(-c3ccc(N)cc3)n(C)c2c1. The van der Waals surface area contributed by atoms with E-state index in [1.165, 1.54) is 0 Å². The van der Waals surface area contributed by atoms with Crippen LogP contribution >= 0.6 is 0 Å². The highest BCUT2D eigenvalue weighted by molar-refractivity contribution is 5.89. The van der Waals surface area contributed by atoms with Crippen molar-refractivity contribution in [2.45, 2.75) is 6.92 Å². The highest BCUT2D eigenvalue weighted by Gasteiger charge is 2.17. The molecule has 108 valence electrons. The summed E-state index contributed by atoms with van der Waals surface area (Å²) in [7, 11) is 1.85. The van der Waals surface area contributed by atoms with Gasteiger partial charge in [0.25, 0.3) is 0 Å². The third-order valence-electron chi connectivity index (χ3n) is 3.61. The number of aromatic nitrogens is 1. The molecule has 0 aliphatic heterocycles. The molecule has 3 aromatic rings. The predicted molar refractivity (Wildman–Crippen MR) is 83.9 cm³/mol. The number of hydrogen-bond donors (Lipinski definition) is 1. The van der Waals surface area contributed by atoms with Crippen LogP contribution in [0.4, 0.5) is 10.1 Å². The molecule has 3 rings (SSSR count). The van der Waals surface area contributed by atoms with Gasteiger partial charge in [-0.05, 0) is 31.2 Å². The number of rotatable bonds is 3. The molecular weight excluding hydrogens is 267 g/mol. The lowest BCUT2D eigenvalue weighted by Gasteiger charge is -2.06. The largest absolute Gasteiger partial charge is 0.494 e. The van der Waals surface area contributed by atoms with Crippen molar-refractivity contribution in [2.75, 3.05) is 12.3 Å². The molecule has 1 heterocycles. The lowest BCUT2D eigenvalue weighted by atomic mass is 10.1. The molecule has 21 heavy (non-hydrogen) atoms. The molecule has 2 N–H and O–H groups in total. The number of anilines is 1. The van der Waals surface area contributed by atoms with Gasteiger partial charge in [0.1, 0.15) is 5.75 Å². The minimum Gasteiger partial charge on any atom is -0.494 e. The highest BCUT2D eigenvalue weighted by Crippen LogP contribution is 2.33. The number of aryl methyl sites for hydroxylation is 1. The van der Waals surface area contributed by atoms with Gasteiger partial charge >= 0.3 is 0 Å². The van der Waals surface area contributed by atoms with Gasteiger partial charge in [-0.2, -0.15) is 0 Å². The van der Waals surface area contributed by atoms with Crippen LogP contribution in [0.3, 0.4) is 0 Å². The Bertz CT molecular complexity index is 791. The van der Waals surface area contributed by atoms with E-state index in [0.29, 0.717) is 23.4 Å². The summed E-state index contributed by atoms with van der Waals surface area (Å²) in [5.74, 6) is 0.523. The van der Waals surface area contributed by atoms with Crippen LogP contribution in [0.15, 0.2) is 42.5 Å². The first-order valence-electron chi connectivity index (χ1n) is 6.88. The van der Waals surface area contributed by atoms with Crippen molar-refractivity contribution in [2.24, 2.45) is 7.05 Å². The molecule has 1 aromatic heterocycles. The first kappa shape index (κ1) is 13.5. The van der Waals surface area contributed by atoms with E-state index in [2.05, 4.69) is 0 Å². The molecule has 0 amide bonds. The van der Waals surface area contributed by atoms with Crippen molar-refractivity contribution >= 4 is 16.6 Å². The van der Waals surface area contributed by atoms with Gasteiger partial charge in [0, 0.05) is 29.8 Å². The van der Waals surface area contributed by atoms with Gasteiger partial charge in [0.2, 0.25) is 0 Å². The fraction of sp³-hybridized carbons (Fsp3) is 0.176. The summed E-state index contributed by atoms with van der Waals surface area (Å²) in [6, 6.07) is 12.6. The molecule has 0 aliphatic rings. The van der Waals surface area contributed by atoms with Crippen molar-refractivity contribution in [3.8, 4) is 17.0 Å². The van der Waals surface area contributed by atoms with Gasteiger partial charge in [-0.1, -0.05) is 12.1 Å². The summed E-state index contributed by atoms with van der Waals surface area (Å²) >= 11 is 0. The molecule has 2 aromatic carbocycles. The molecule has 0 fully saturated rings. The summed E-state index contributed by atoms with van der Waals surface area (Å²) < 4.78 is 22.0. The topological polar surface area (TPSA) is 40.2 Å². The lowest BCUT2D eigenvalue weighted by molar-refractivity contribution is 0.340. The van der Waals surface area contributed by atoms with Gasteiger partial charge in [-0.25, -0.2) is 4.39 Å². The van der Waals surface area contributed by atoms with E-state index in [4.69, 9.17) is 10.5 Å². The summed E-state index contributed by atoms with van der Waals surface area (Å²) in [5, 5.41) is 0.591. The van der Waals surface area contributed by atoms with Crippen molar-refractivity contribution in [3.63, 3.8) is 0 Å². The Hall–Kier alpha value is -2.49. The van der Waals surface area contributed by atoms with E-state index in [9.17, 15) is 4.39 Å². The lowest BCUT2D eigenvalue weighted by Crippen LogP contribution is -1.94. The molecule has 0 unspecified atom stereocenters. The third kappa shape index (κ3) is 2.23. The number of hydrogen-bond acceptors (Lipinski definition) is 2. The zero-order chi connectivity index (χ0) is 15.0. The smallest absolute Gasteiger partial charge is 0.156 e. The van der Waals surface area contributed by atoms with E-state index in [-0.39, 0.29) is 5.82 Å². The Labute approximate surface area is 122 Å². The van der Waals surface area contributed by atoms with Crippen LogP contribution in [0.5, 0.6) is 5.75 Å². The summed E-state index contributed by atoms with van der Waals surface area (Å²) in [6.07, 6.45) is 0. The van der Waals surface area contributed by atoms with E-state index in [1.807, 2.05) is 36.7 Å². The maximum Gasteiger partial charge on any atom is 0.156 e. The van der Waals surface area contributed by atoms with Crippen LogP contribution in [0.25, 0.3) is 22.2 Å². The van der Waals surface area contributed by atoms with E-state index < -0.39 is 0 Å². The molecule has 0 saturated heterocycles. The van der Waals surface area contributed by atoms with Crippen LogP contribution in [0.1, 0.15) is 6.92 Å². The van der Waals surface area contributed by atoms with Crippen molar-refractivity contribution in [3.05, 3.63) is 48.3 Å². The highest BCUT2D eigenvalue weighted by atomic mass is 19.1. The zero-order valence-electron chi connectivity index (χ0n) is 12.1. The van der Waals surface area contributed by atoms with E-state index >= 15 is 0 Å². The quantitative estimate of drug-likeness (QED) is 0.739. The minimum absolute atomic E-state index is 0.222. The van der Waals surface area contributed by atoms with Crippen LogP contribution in [-0.2, 0) is 7.05 Å². The Morgan fingerprint density at radius 2 is 1.86 bits per heavy atom. The number of nitrogen functional groups attached to an aromatic ring is 1. The number of nitrogens with zero attached hydrogens (tertiary/aromatic N) is 1. The minimum atomic E-state index is -0.222. The average Bonchev–Trinajstić information content (AvgIpc) is 2.72. The monoisotopic (exact) mass is 284 g/mol. The van der Waals surface area contributed by atoms with E-state index in [0.717, 1.165) is 16.8 Å². The molecule has 0 aliphatic carbocycles. The van der Waals surface area contributed by atoms with Crippen LogP contribution in [-0.4, -0.2) is 11.2 Å². The van der Waals surface area contributed by atoms with Crippen LogP contribution in [0, 0.1) is 5.82 Å². The first-order valence-corrected chi connectivity index (χ1v) is 6.88. The third-order valence-corrected chi connectivity index (χ3v) is 3.61. The first-order chi connectivity index (χ1) is 10.1. The maximum absolute atomic E-state index is 14.7. The van der Waals surface area contributed by atoms with Gasteiger partial charge in [-0.15, -0.1) is 0 Å². The van der Waals surface area contributed by atoms with Crippen molar-refractivity contribution < 1.29 is 9.13 Å². The Kier molecular flexibility index (Phi) is 3.29. The zero-order valence-corrected chi connectivity index (χ0v) is 12.1. The molecule has 0 radical (unpaired) electrons. The fourth-order valence-corrected chi connectivity index (χ4v) is 2.59. The van der Waals surface area contributed by atoms with Gasteiger partial charge in [-0.3, -0.25) is 0 Å². The normalized spacial score (nSPS) is 11.0. The number of nitrogens with two attached hydrogens (primary N) is 1. The average molecular weight is 284 g/mol. The standard InChI is InChI=1S/C17H17FN2O/c1-3-21-13-8-9-14-15(10-13)20(2)17(16(14)18)11-4-6-12(19)7-5-11/h4-10H,3,19H2,1-2H3. The van der Waals surface area contributed by atoms with Crippen LogP contribution in [0.2, 0.25) is 0 Å². The molecule has 0 saturated carbocycles. The number of halogens is 1. The van der Waals surface area contributed by atoms with Gasteiger partial charge in [0.05, 0.1) is 17.8 Å². The van der Waals surface area contributed by atoms with Crippen molar-refractivity contribution in [1.29, 1.82) is 0 Å². The van der Waals surface area contributed by atoms with Gasteiger partial charge in [0.15, 0.2) is 5.82 Å². The fourth-order valence-electron chi connectivity index (χ4n) is 2.59. The Morgan fingerprint density at radius 1 is 1.14 bits per heavy atom. The molecular formula is C17H17FN2O. The maximum atomic E-state index is 14.7. The second kappa shape index (κ2) is 5.13. The Morgan fingerprint density at radius 3 is 2.52 bits per heavy atom. The molecule has 4 heteroatoms. The summed E-state index contributed by atoms with van der Waals surface area (Å²) in [4.78, 5) is 0. The molecule has 3 nitrogen and oxygen atoms in total. The summed E-state index contributed by atoms with van der Waals surface area (Å²) in [6.45, 7) is 2.51. The predicted octanol–water partition coefficient (Wildman–Crippen LogP) is 3.97. The second-order valence-corrected chi connectivity index (χ2v) is 4.96. The second-order valence-electron chi connectivity index (χ2n) is 4.96. The van der Waals surface area contributed by atoms with Crippen molar-refractivity contribution in [1.82, 2.24) is 4.57 Å². The molecule has 0 spiro atoms. The van der Waals surface area contributed by atoms with Gasteiger partial charge < -0.3 is 15.0 Å². The molecule has 0 atom stereocenters. The molecule has 0 bridgehead atoms. The number of benzene rings is 2. The Balaban J connectivity index is 2.21. The van der Waals surface area contributed by atoms with Crippen LogP contribution < -0.4 is 10.5 Å². The van der Waals surface area contributed by atoms with E-state index in [1.54, 1.807) is 24.3 Å². The number of ether oxygens (including phenoxy) is 1.